The van der Waals surface area contributed by atoms with Gasteiger partial charge in [-0.1, -0.05) is 31.5 Å². The van der Waals surface area contributed by atoms with Gasteiger partial charge in [0.15, 0.2) is 9.84 Å². The Bertz CT molecular complexity index is 408. The molecule has 0 unspecified atom stereocenters. The van der Waals surface area contributed by atoms with Crippen molar-refractivity contribution in [3.63, 3.8) is 0 Å². The minimum Gasteiger partial charge on any atom is -0.223 e. The van der Waals surface area contributed by atoms with Crippen LogP contribution >= 0.6 is 0 Å². The van der Waals surface area contributed by atoms with Gasteiger partial charge in [0.25, 0.3) is 0 Å². The van der Waals surface area contributed by atoms with Gasteiger partial charge in [0.05, 0.1) is 10.1 Å². The Hall–Kier alpha value is -0.830. The van der Waals surface area contributed by atoms with E-state index < -0.39 is 9.84 Å². The van der Waals surface area contributed by atoms with Gasteiger partial charge in [0.1, 0.15) is 0 Å². The van der Waals surface area contributed by atoms with Crippen LogP contribution < -0.4 is 0 Å². The second kappa shape index (κ2) is 3.39. The minimum absolute atomic E-state index is 0.116. The van der Waals surface area contributed by atoms with E-state index in [4.69, 9.17) is 0 Å². The molecule has 0 amide bonds. The first kappa shape index (κ1) is 9.71. The Labute approximate surface area is 84.9 Å². The van der Waals surface area contributed by atoms with Gasteiger partial charge in [0, 0.05) is 0 Å². The van der Waals surface area contributed by atoms with Crippen LogP contribution in [-0.2, 0) is 9.84 Å². The van der Waals surface area contributed by atoms with Crippen LogP contribution in [0, 0.1) is 5.92 Å². The lowest BCUT2D eigenvalue weighted by molar-refractivity contribution is 0.591. The maximum atomic E-state index is 12.0. The fourth-order valence-electron chi connectivity index (χ4n) is 1.81. The van der Waals surface area contributed by atoms with Crippen LogP contribution in [0.25, 0.3) is 0 Å². The van der Waals surface area contributed by atoms with Gasteiger partial charge in [0.2, 0.25) is 0 Å². The molecule has 2 nitrogen and oxygen atoms in total. The van der Waals surface area contributed by atoms with Gasteiger partial charge in [-0.3, -0.25) is 0 Å². The monoisotopic (exact) mass is 210 g/mol. The third kappa shape index (κ3) is 1.57. The minimum atomic E-state index is -3.03. The molecular formula is C11H14O2S. The molecule has 0 spiro atoms. The molecule has 76 valence electrons. The summed E-state index contributed by atoms with van der Waals surface area (Å²) in [5, 5.41) is -0.116. The lowest BCUT2D eigenvalue weighted by Crippen LogP contribution is -2.09. The van der Waals surface area contributed by atoms with E-state index in [2.05, 4.69) is 0 Å². The maximum Gasteiger partial charge on any atom is 0.181 e. The molecule has 1 aliphatic rings. The Morgan fingerprint density at radius 3 is 2.43 bits per heavy atom. The Morgan fingerprint density at radius 1 is 1.29 bits per heavy atom. The standard InChI is InChI=1S/C11H14O2S/c1-2-9-8-11(9)14(12,13)10-6-4-3-5-7-10/h3-7,9,11H,2,8H2,1H3/t9-,11-/m1/s1. The smallest absolute Gasteiger partial charge is 0.181 e. The first-order valence-electron chi connectivity index (χ1n) is 4.95. The SMILES string of the molecule is CC[C@@H]1C[C@H]1S(=O)(=O)c1ccccc1. The first-order chi connectivity index (χ1) is 6.66. The zero-order chi connectivity index (χ0) is 10.2. The highest BCUT2D eigenvalue weighted by atomic mass is 32.2. The molecule has 1 aromatic carbocycles. The summed E-state index contributed by atoms with van der Waals surface area (Å²) in [4.78, 5) is 0.473. The van der Waals surface area contributed by atoms with Crippen molar-refractivity contribution in [3.05, 3.63) is 30.3 Å². The predicted octanol–water partition coefficient (Wildman–Crippen LogP) is 2.26. The van der Waals surface area contributed by atoms with Crippen molar-refractivity contribution in [1.29, 1.82) is 0 Å². The molecule has 0 N–H and O–H groups in total. The van der Waals surface area contributed by atoms with E-state index in [1.54, 1.807) is 24.3 Å². The van der Waals surface area contributed by atoms with Gasteiger partial charge >= 0.3 is 0 Å². The third-order valence-electron chi connectivity index (χ3n) is 2.85. The number of hydrogen-bond acceptors (Lipinski definition) is 2. The third-order valence-corrected chi connectivity index (χ3v) is 5.16. The van der Waals surface area contributed by atoms with Crippen LogP contribution in [0.3, 0.4) is 0 Å². The lowest BCUT2D eigenvalue weighted by atomic mass is 10.3. The average molecular weight is 210 g/mol. The molecule has 0 bridgehead atoms. The van der Waals surface area contributed by atoms with E-state index in [1.807, 2.05) is 13.0 Å². The van der Waals surface area contributed by atoms with Crippen molar-refractivity contribution in [2.75, 3.05) is 0 Å². The second-order valence-corrected chi connectivity index (χ2v) is 5.97. The summed E-state index contributed by atoms with van der Waals surface area (Å²) in [6, 6.07) is 8.75. The molecule has 0 heterocycles. The first-order valence-corrected chi connectivity index (χ1v) is 6.50. The highest BCUT2D eigenvalue weighted by Crippen LogP contribution is 2.42. The summed E-state index contributed by atoms with van der Waals surface area (Å²) in [6.45, 7) is 2.05. The summed E-state index contributed by atoms with van der Waals surface area (Å²) in [5.74, 6) is 0.389. The van der Waals surface area contributed by atoms with Gasteiger partial charge in [-0.15, -0.1) is 0 Å². The quantitative estimate of drug-likeness (QED) is 0.767. The molecule has 1 fully saturated rings. The normalized spacial score (nSPS) is 26.1. The van der Waals surface area contributed by atoms with Crippen molar-refractivity contribution in [3.8, 4) is 0 Å². The van der Waals surface area contributed by atoms with E-state index in [9.17, 15) is 8.42 Å². The zero-order valence-corrected chi connectivity index (χ0v) is 9.00. The van der Waals surface area contributed by atoms with Crippen molar-refractivity contribution in [2.24, 2.45) is 5.92 Å². The molecule has 1 aliphatic carbocycles. The number of sulfone groups is 1. The fraction of sp³-hybridized carbons (Fsp3) is 0.455. The zero-order valence-electron chi connectivity index (χ0n) is 8.18. The molecule has 2 rings (SSSR count). The highest BCUT2D eigenvalue weighted by Gasteiger charge is 2.46. The number of hydrogen-bond donors (Lipinski definition) is 0. The molecule has 0 radical (unpaired) electrons. The highest BCUT2D eigenvalue weighted by molar-refractivity contribution is 7.92. The number of rotatable bonds is 3. The Kier molecular flexibility index (Phi) is 2.35. The molecule has 1 aromatic rings. The van der Waals surface area contributed by atoms with Gasteiger partial charge in [-0.25, -0.2) is 8.42 Å². The summed E-state index contributed by atoms with van der Waals surface area (Å²) in [5.41, 5.74) is 0. The van der Waals surface area contributed by atoms with Gasteiger partial charge in [-0.05, 0) is 24.5 Å². The molecule has 2 atom stereocenters. The molecular weight excluding hydrogens is 196 g/mol. The van der Waals surface area contributed by atoms with Crippen LogP contribution in [0.5, 0.6) is 0 Å². The average Bonchev–Trinajstić information content (AvgIpc) is 2.98. The lowest BCUT2D eigenvalue weighted by Gasteiger charge is -2.02. The van der Waals surface area contributed by atoms with Crippen LogP contribution in [0.4, 0.5) is 0 Å². The van der Waals surface area contributed by atoms with Crippen molar-refractivity contribution >= 4 is 9.84 Å². The van der Waals surface area contributed by atoms with Gasteiger partial charge < -0.3 is 0 Å². The number of benzene rings is 1. The molecule has 14 heavy (non-hydrogen) atoms. The molecule has 3 heteroatoms. The van der Waals surface area contributed by atoms with Crippen LogP contribution in [0.15, 0.2) is 35.2 Å². The van der Waals surface area contributed by atoms with E-state index in [-0.39, 0.29) is 5.25 Å². The van der Waals surface area contributed by atoms with Crippen molar-refractivity contribution in [2.45, 2.75) is 29.9 Å². The van der Waals surface area contributed by atoms with E-state index >= 15 is 0 Å². The molecule has 0 aliphatic heterocycles. The van der Waals surface area contributed by atoms with E-state index in [0.29, 0.717) is 10.8 Å². The summed E-state index contributed by atoms with van der Waals surface area (Å²) in [7, 11) is -3.03. The Balaban J connectivity index is 2.27. The van der Waals surface area contributed by atoms with Crippen LogP contribution in [-0.4, -0.2) is 13.7 Å². The Morgan fingerprint density at radius 2 is 1.93 bits per heavy atom. The summed E-state index contributed by atoms with van der Waals surface area (Å²) in [6.07, 6.45) is 1.81. The van der Waals surface area contributed by atoms with E-state index in [1.165, 1.54) is 0 Å². The fourth-order valence-corrected chi connectivity index (χ4v) is 3.90. The van der Waals surface area contributed by atoms with Crippen molar-refractivity contribution < 1.29 is 8.42 Å². The largest absolute Gasteiger partial charge is 0.223 e. The predicted molar refractivity (Wildman–Crippen MR) is 55.8 cm³/mol. The summed E-state index contributed by atoms with van der Waals surface area (Å²) >= 11 is 0. The second-order valence-electron chi connectivity index (χ2n) is 3.80. The maximum absolute atomic E-state index is 12.0. The van der Waals surface area contributed by atoms with Crippen molar-refractivity contribution in [1.82, 2.24) is 0 Å². The summed E-state index contributed by atoms with van der Waals surface area (Å²) < 4.78 is 23.9. The molecule has 0 saturated heterocycles. The molecule has 0 aromatic heterocycles. The van der Waals surface area contributed by atoms with Gasteiger partial charge in [-0.2, -0.15) is 0 Å². The van der Waals surface area contributed by atoms with Crippen LogP contribution in [0.2, 0.25) is 0 Å². The van der Waals surface area contributed by atoms with E-state index in [0.717, 1.165) is 12.8 Å². The molecule has 1 saturated carbocycles. The van der Waals surface area contributed by atoms with Crippen LogP contribution in [0.1, 0.15) is 19.8 Å². The topological polar surface area (TPSA) is 34.1 Å².